The lowest BCUT2D eigenvalue weighted by molar-refractivity contribution is 1.54. The molecule has 0 N–H and O–H groups in total. The molecule has 0 saturated carbocycles. The van der Waals surface area contributed by atoms with E-state index in [1.54, 1.807) is 0 Å². The fourth-order valence-corrected chi connectivity index (χ4v) is 3.74. The maximum Gasteiger partial charge on any atom is 0.0417 e. The van der Waals surface area contributed by atoms with Crippen molar-refractivity contribution < 1.29 is 0 Å². The molecule has 3 rings (SSSR count). The van der Waals surface area contributed by atoms with Gasteiger partial charge in [0, 0.05) is 14.0 Å². The van der Waals surface area contributed by atoms with Gasteiger partial charge in [-0.1, -0.05) is 92.0 Å². The molecule has 0 aromatic heterocycles. The van der Waals surface area contributed by atoms with Crippen LogP contribution in [0.5, 0.6) is 0 Å². The van der Waals surface area contributed by atoms with Gasteiger partial charge in [-0.3, -0.25) is 0 Å². The third-order valence-electron chi connectivity index (χ3n) is 3.31. The molecule has 0 bridgehead atoms. The van der Waals surface area contributed by atoms with Crippen LogP contribution in [-0.4, -0.2) is 0 Å². The highest BCUT2D eigenvalue weighted by molar-refractivity contribution is 9.11. The Hall–Kier alpha value is -1.09. The van der Waals surface area contributed by atoms with Crippen molar-refractivity contribution in [3.05, 3.63) is 80.7 Å². The summed E-state index contributed by atoms with van der Waals surface area (Å²) in [6.07, 6.45) is 0. The highest BCUT2D eigenvalue weighted by Gasteiger charge is 2.11. The monoisotopic (exact) mass is 420 g/mol. The zero-order chi connectivity index (χ0) is 14.8. The van der Waals surface area contributed by atoms with Crippen molar-refractivity contribution in [3.8, 4) is 22.3 Å². The van der Waals surface area contributed by atoms with Crippen LogP contribution in [0.15, 0.2) is 75.7 Å². The van der Waals surface area contributed by atoms with E-state index in [4.69, 9.17) is 11.6 Å². The lowest BCUT2D eigenvalue weighted by atomic mass is 9.95. The summed E-state index contributed by atoms with van der Waals surface area (Å²) in [5, 5.41) is 0.726. The molecule has 0 radical (unpaired) electrons. The first-order valence-electron chi connectivity index (χ1n) is 6.46. The van der Waals surface area contributed by atoms with E-state index >= 15 is 0 Å². The normalized spacial score (nSPS) is 10.6. The minimum absolute atomic E-state index is 0.726. The van der Waals surface area contributed by atoms with Gasteiger partial charge in [0.1, 0.15) is 0 Å². The van der Waals surface area contributed by atoms with Gasteiger partial charge < -0.3 is 0 Å². The predicted octanol–water partition coefficient (Wildman–Crippen LogP) is 7.20. The number of rotatable bonds is 2. The van der Waals surface area contributed by atoms with Crippen LogP contribution in [-0.2, 0) is 0 Å². The minimum Gasteiger partial charge on any atom is -0.0843 e. The molecule has 0 spiro atoms. The van der Waals surface area contributed by atoms with Crippen LogP contribution in [0, 0.1) is 0 Å². The topological polar surface area (TPSA) is 0 Å². The van der Waals surface area contributed by atoms with Crippen LogP contribution in [0.1, 0.15) is 0 Å². The second-order valence-electron chi connectivity index (χ2n) is 4.65. The molecule has 3 heteroatoms. The molecular formula is C18H11Br2Cl. The van der Waals surface area contributed by atoms with Crippen LogP contribution < -0.4 is 0 Å². The molecule has 104 valence electrons. The molecule has 0 heterocycles. The molecule has 3 aromatic rings. The number of halogens is 3. The van der Waals surface area contributed by atoms with Gasteiger partial charge in [0.25, 0.3) is 0 Å². The minimum atomic E-state index is 0.726. The van der Waals surface area contributed by atoms with Gasteiger partial charge in [-0.2, -0.15) is 0 Å². The summed E-state index contributed by atoms with van der Waals surface area (Å²) in [6, 6.07) is 22.5. The van der Waals surface area contributed by atoms with E-state index < -0.39 is 0 Å². The van der Waals surface area contributed by atoms with E-state index in [0.29, 0.717) is 0 Å². The van der Waals surface area contributed by atoms with E-state index in [9.17, 15) is 0 Å². The quantitative estimate of drug-likeness (QED) is 0.410. The lowest BCUT2D eigenvalue weighted by Gasteiger charge is -2.13. The summed E-state index contributed by atoms with van der Waals surface area (Å²) in [6.45, 7) is 0. The molecule has 0 atom stereocenters. The molecule has 0 saturated heterocycles. The molecule has 0 aliphatic rings. The van der Waals surface area contributed by atoms with Crippen LogP contribution in [0.4, 0.5) is 0 Å². The van der Waals surface area contributed by atoms with E-state index in [0.717, 1.165) is 19.5 Å². The lowest BCUT2D eigenvalue weighted by Crippen LogP contribution is -1.87. The van der Waals surface area contributed by atoms with Crippen LogP contribution in [0.3, 0.4) is 0 Å². The Morgan fingerprint density at radius 1 is 0.571 bits per heavy atom. The van der Waals surface area contributed by atoms with E-state index in [-0.39, 0.29) is 0 Å². The second-order valence-corrected chi connectivity index (χ2v) is 6.79. The van der Waals surface area contributed by atoms with Crippen molar-refractivity contribution in [2.45, 2.75) is 0 Å². The number of hydrogen-bond acceptors (Lipinski definition) is 0. The molecule has 3 aromatic carbocycles. The Balaban J connectivity index is 2.24. The molecule has 0 nitrogen and oxygen atoms in total. The Morgan fingerprint density at radius 3 is 1.67 bits per heavy atom. The van der Waals surface area contributed by atoms with Crippen molar-refractivity contribution in [2.75, 3.05) is 0 Å². The SMILES string of the molecule is Clc1ccc(-c2ccccc2-c2ccccc2Br)c(Br)c1. The van der Waals surface area contributed by atoms with Crippen LogP contribution >= 0.6 is 43.5 Å². The smallest absolute Gasteiger partial charge is 0.0417 e. The first-order valence-corrected chi connectivity index (χ1v) is 8.42. The van der Waals surface area contributed by atoms with Crippen molar-refractivity contribution in [1.29, 1.82) is 0 Å². The summed E-state index contributed by atoms with van der Waals surface area (Å²) in [5.74, 6) is 0. The van der Waals surface area contributed by atoms with Crippen LogP contribution in [0.2, 0.25) is 5.02 Å². The standard InChI is InChI=1S/C18H11Br2Cl/c19-17-8-4-3-7-15(17)13-5-1-2-6-14(13)16-10-9-12(21)11-18(16)20/h1-11H. The summed E-state index contributed by atoms with van der Waals surface area (Å²) in [7, 11) is 0. The number of benzene rings is 3. The fourth-order valence-electron chi connectivity index (χ4n) is 2.34. The van der Waals surface area contributed by atoms with Gasteiger partial charge in [0.15, 0.2) is 0 Å². The molecule has 0 amide bonds. The van der Waals surface area contributed by atoms with Gasteiger partial charge in [0.2, 0.25) is 0 Å². The van der Waals surface area contributed by atoms with E-state index in [2.05, 4.69) is 68.3 Å². The first-order chi connectivity index (χ1) is 10.2. The Morgan fingerprint density at radius 2 is 1.10 bits per heavy atom. The average Bonchev–Trinajstić information content (AvgIpc) is 2.48. The third kappa shape index (κ3) is 3.08. The van der Waals surface area contributed by atoms with Gasteiger partial charge in [0.05, 0.1) is 0 Å². The zero-order valence-corrected chi connectivity index (χ0v) is 14.9. The molecule has 0 unspecified atom stereocenters. The largest absolute Gasteiger partial charge is 0.0843 e. The average molecular weight is 423 g/mol. The van der Waals surface area contributed by atoms with E-state index in [1.165, 1.54) is 16.7 Å². The third-order valence-corrected chi connectivity index (χ3v) is 4.90. The molecule has 0 aliphatic heterocycles. The van der Waals surface area contributed by atoms with Crippen molar-refractivity contribution in [2.24, 2.45) is 0 Å². The highest BCUT2D eigenvalue weighted by Crippen LogP contribution is 2.39. The van der Waals surface area contributed by atoms with E-state index in [1.807, 2.05) is 30.3 Å². The zero-order valence-electron chi connectivity index (χ0n) is 11.0. The summed E-state index contributed by atoms with van der Waals surface area (Å²) in [4.78, 5) is 0. The first kappa shape index (κ1) is 14.8. The predicted molar refractivity (Wildman–Crippen MR) is 97.7 cm³/mol. The molecule has 21 heavy (non-hydrogen) atoms. The maximum absolute atomic E-state index is 6.05. The Labute approximate surface area is 146 Å². The van der Waals surface area contributed by atoms with Gasteiger partial charge in [-0.05, 0) is 40.5 Å². The summed E-state index contributed by atoms with van der Waals surface area (Å²) in [5.41, 5.74) is 4.67. The van der Waals surface area contributed by atoms with Crippen molar-refractivity contribution in [3.63, 3.8) is 0 Å². The maximum atomic E-state index is 6.05. The molecular weight excluding hydrogens is 411 g/mol. The second kappa shape index (κ2) is 6.35. The van der Waals surface area contributed by atoms with Gasteiger partial charge in [-0.15, -0.1) is 0 Å². The fraction of sp³-hybridized carbons (Fsp3) is 0. The molecule has 0 aliphatic carbocycles. The summed E-state index contributed by atoms with van der Waals surface area (Å²) < 4.78 is 2.08. The van der Waals surface area contributed by atoms with Gasteiger partial charge >= 0.3 is 0 Å². The van der Waals surface area contributed by atoms with Gasteiger partial charge in [-0.25, -0.2) is 0 Å². The summed E-state index contributed by atoms with van der Waals surface area (Å²) >= 11 is 13.3. The Bertz CT molecular complexity index is 797. The number of hydrogen-bond donors (Lipinski definition) is 0. The highest BCUT2D eigenvalue weighted by atomic mass is 79.9. The van der Waals surface area contributed by atoms with Crippen LogP contribution in [0.25, 0.3) is 22.3 Å². The Kier molecular flexibility index (Phi) is 4.48. The molecule has 0 fully saturated rings. The van der Waals surface area contributed by atoms with Crippen molar-refractivity contribution >= 4 is 43.5 Å². The van der Waals surface area contributed by atoms with Crippen molar-refractivity contribution in [1.82, 2.24) is 0 Å².